The lowest BCUT2D eigenvalue weighted by molar-refractivity contribution is 0.312. The van der Waals surface area contributed by atoms with E-state index < -0.39 is 0 Å². The van der Waals surface area contributed by atoms with Gasteiger partial charge in [0.05, 0.1) is 13.7 Å². The molecule has 0 aliphatic rings. The molecule has 2 rings (SSSR count). The molecule has 0 fully saturated rings. The van der Waals surface area contributed by atoms with Crippen LogP contribution in [0.15, 0.2) is 18.2 Å². The monoisotopic (exact) mass is 260 g/mol. The van der Waals surface area contributed by atoms with Crippen LogP contribution in [0.2, 0.25) is 0 Å². The van der Waals surface area contributed by atoms with Crippen LogP contribution in [0, 0.1) is 6.92 Å². The van der Waals surface area contributed by atoms with Gasteiger partial charge in [0.25, 0.3) is 0 Å². The summed E-state index contributed by atoms with van der Waals surface area (Å²) in [5.74, 6) is 1.42. The van der Waals surface area contributed by atoms with E-state index in [9.17, 15) is 0 Å². The van der Waals surface area contributed by atoms with Crippen LogP contribution in [0.1, 0.15) is 12.5 Å². The zero-order valence-corrected chi connectivity index (χ0v) is 11.2. The molecule has 0 radical (unpaired) electrons. The van der Waals surface area contributed by atoms with Gasteiger partial charge in [0.1, 0.15) is 5.75 Å². The first kappa shape index (κ1) is 13.1. The number of ether oxygens (including phenoxy) is 2. The predicted octanol–water partition coefficient (Wildman–Crippen LogP) is 1.84. The van der Waals surface area contributed by atoms with Crippen molar-refractivity contribution in [2.75, 3.05) is 19.5 Å². The first-order valence-electron chi connectivity index (χ1n) is 5.93. The summed E-state index contributed by atoms with van der Waals surface area (Å²) in [7, 11) is 1.63. The van der Waals surface area contributed by atoms with Crippen LogP contribution < -0.4 is 15.2 Å². The van der Waals surface area contributed by atoms with Gasteiger partial charge in [-0.05, 0) is 37.6 Å². The maximum atomic E-state index is 5.67. The molecular formula is C13H16N4O2. The summed E-state index contributed by atoms with van der Waals surface area (Å²) < 4.78 is 10.4. The van der Waals surface area contributed by atoms with Gasteiger partial charge < -0.3 is 15.2 Å². The Balaban J connectivity index is 2.46. The Morgan fingerprint density at radius 1 is 1.21 bits per heavy atom. The molecule has 1 aromatic heterocycles. The number of hydrogen-bond donors (Lipinski definition) is 1. The molecule has 6 heteroatoms. The van der Waals surface area contributed by atoms with Gasteiger partial charge in [-0.25, -0.2) is 0 Å². The molecule has 6 nitrogen and oxygen atoms in total. The molecule has 0 amide bonds. The summed E-state index contributed by atoms with van der Waals surface area (Å²) in [5.41, 5.74) is 7.53. The molecule has 0 spiro atoms. The van der Waals surface area contributed by atoms with E-state index in [1.165, 1.54) is 0 Å². The van der Waals surface area contributed by atoms with Gasteiger partial charge in [0, 0.05) is 5.56 Å². The van der Waals surface area contributed by atoms with Crippen LogP contribution in [0.3, 0.4) is 0 Å². The van der Waals surface area contributed by atoms with Gasteiger partial charge in [-0.3, -0.25) is 0 Å². The third-order valence-electron chi connectivity index (χ3n) is 2.58. The van der Waals surface area contributed by atoms with Gasteiger partial charge in [0.2, 0.25) is 5.95 Å². The van der Waals surface area contributed by atoms with Crippen LogP contribution in [-0.2, 0) is 0 Å². The zero-order valence-electron chi connectivity index (χ0n) is 11.2. The van der Waals surface area contributed by atoms with Crippen molar-refractivity contribution in [1.82, 2.24) is 15.0 Å². The Kier molecular flexibility index (Phi) is 3.79. The molecule has 0 saturated heterocycles. The smallest absolute Gasteiger partial charge is 0.321 e. The summed E-state index contributed by atoms with van der Waals surface area (Å²) in [5, 5.41) is 0. The van der Waals surface area contributed by atoms with E-state index in [1.54, 1.807) is 7.11 Å². The highest BCUT2D eigenvalue weighted by molar-refractivity contribution is 5.62. The fourth-order valence-electron chi connectivity index (χ4n) is 1.70. The quantitative estimate of drug-likeness (QED) is 0.903. The number of rotatable bonds is 4. The summed E-state index contributed by atoms with van der Waals surface area (Å²) in [6.45, 7) is 4.29. The molecule has 19 heavy (non-hydrogen) atoms. The minimum atomic E-state index is 0.142. The molecule has 2 N–H and O–H groups in total. The van der Waals surface area contributed by atoms with Crippen molar-refractivity contribution >= 4 is 5.95 Å². The van der Waals surface area contributed by atoms with Crippen molar-refractivity contribution in [3.63, 3.8) is 0 Å². The number of nitrogens with two attached hydrogens (primary N) is 1. The number of anilines is 1. The predicted molar refractivity (Wildman–Crippen MR) is 72.1 cm³/mol. The van der Waals surface area contributed by atoms with Crippen molar-refractivity contribution in [1.29, 1.82) is 0 Å². The van der Waals surface area contributed by atoms with E-state index in [4.69, 9.17) is 15.2 Å². The Morgan fingerprint density at radius 3 is 2.63 bits per heavy atom. The molecule has 2 aromatic rings. The second-order valence-electron chi connectivity index (χ2n) is 3.91. The first-order chi connectivity index (χ1) is 9.13. The van der Waals surface area contributed by atoms with Crippen LogP contribution >= 0.6 is 0 Å². The standard InChI is InChI=1S/C13H16N4O2/c1-4-19-13-16-11(15-12(14)17-13)10-6-5-9(18-3)7-8(10)2/h5-7H,4H2,1-3H3,(H2,14,15,16,17). The van der Waals surface area contributed by atoms with Crippen LogP contribution in [0.25, 0.3) is 11.4 Å². The lowest BCUT2D eigenvalue weighted by Gasteiger charge is -2.08. The molecule has 0 unspecified atom stereocenters. The van der Waals surface area contributed by atoms with E-state index >= 15 is 0 Å². The van der Waals surface area contributed by atoms with E-state index in [2.05, 4.69) is 15.0 Å². The lowest BCUT2D eigenvalue weighted by atomic mass is 10.1. The van der Waals surface area contributed by atoms with Gasteiger partial charge in [-0.2, -0.15) is 15.0 Å². The van der Waals surface area contributed by atoms with Crippen LogP contribution in [0.4, 0.5) is 5.95 Å². The SMILES string of the molecule is CCOc1nc(N)nc(-c2ccc(OC)cc2C)n1. The number of hydrogen-bond acceptors (Lipinski definition) is 6. The minimum absolute atomic E-state index is 0.142. The van der Waals surface area contributed by atoms with Gasteiger partial charge >= 0.3 is 6.01 Å². The number of nitrogens with zero attached hydrogens (tertiary/aromatic N) is 3. The van der Waals surface area contributed by atoms with E-state index in [1.807, 2.05) is 32.0 Å². The Labute approximate surface area is 111 Å². The van der Waals surface area contributed by atoms with Gasteiger partial charge in [-0.1, -0.05) is 0 Å². The average Bonchev–Trinajstić information content (AvgIpc) is 2.38. The Bertz CT molecular complexity index is 587. The number of aryl methyl sites for hydroxylation is 1. The number of methoxy groups -OCH3 is 1. The molecule has 0 atom stereocenters. The molecule has 1 aromatic carbocycles. The first-order valence-corrected chi connectivity index (χ1v) is 5.93. The third-order valence-corrected chi connectivity index (χ3v) is 2.58. The molecule has 1 heterocycles. The van der Waals surface area contributed by atoms with Crippen molar-refractivity contribution < 1.29 is 9.47 Å². The number of nitrogen functional groups attached to an aromatic ring is 1. The molecule has 0 bridgehead atoms. The summed E-state index contributed by atoms with van der Waals surface area (Å²) in [6, 6.07) is 5.89. The summed E-state index contributed by atoms with van der Waals surface area (Å²) in [6.07, 6.45) is 0. The fraction of sp³-hybridized carbons (Fsp3) is 0.308. The van der Waals surface area contributed by atoms with E-state index in [0.717, 1.165) is 16.9 Å². The van der Waals surface area contributed by atoms with Crippen molar-refractivity contribution in [3.05, 3.63) is 23.8 Å². The summed E-state index contributed by atoms with van der Waals surface area (Å²) >= 11 is 0. The maximum absolute atomic E-state index is 5.67. The minimum Gasteiger partial charge on any atom is -0.497 e. The highest BCUT2D eigenvalue weighted by Crippen LogP contribution is 2.25. The lowest BCUT2D eigenvalue weighted by Crippen LogP contribution is -2.05. The van der Waals surface area contributed by atoms with Gasteiger partial charge in [0.15, 0.2) is 5.82 Å². The zero-order chi connectivity index (χ0) is 13.8. The van der Waals surface area contributed by atoms with Crippen molar-refractivity contribution in [2.24, 2.45) is 0 Å². The summed E-state index contributed by atoms with van der Waals surface area (Å²) in [4.78, 5) is 12.3. The second-order valence-corrected chi connectivity index (χ2v) is 3.91. The molecule has 0 aliphatic heterocycles. The normalized spacial score (nSPS) is 10.3. The van der Waals surface area contributed by atoms with Crippen LogP contribution in [0.5, 0.6) is 11.8 Å². The average molecular weight is 260 g/mol. The third kappa shape index (κ3) is 2.90. The maximum Gasteiger partial charge on any atom is 0.321 e. The van der Waals surface area contributed by atoms with Crippen LogP contribution in [-0.4, -0.2) is 28.7 Å². The second kappa shape index (κ2) is 5.51. The molecule has 0 aliphatic carbocycles. The van der Waals surface area contributed by atoms with Crippen molar-refractivity contribution in [3.8, 4) is 23.1 Å². The van der Waals surface area contributed by atoms with E-state index in [-0.39, 0.29) is 12.0 Å². The van der Waals surface area contributed by atoms with Gasteiger partial charge in [-0.15, -0.1) is 0 Å². The Hall–Kier alpha value is -2.37. The Morgan fingerprint density at radius 2 is 2.00 bits per heavy atom. The molecule has 0 saturated carbocycles. The van der Waals surface area contributed by atoms with Crippen molar-refractivity contribution in [2.45, 2.75) is 13.8 Å². The topological polar surface area (TPSA) is 83.2 Å². The number of benzene rings is 1. The molecular weight excluding hydrogens is 244 g/mol. The highest BCUT2D eigenvalue weighted by atomic mass is 16.5. The fourth-order valence-corrected chi connectivity index (χ4v) is 1.70. The highest BCUT2D eigenvalue weighted by Gasteiger charge is 2.10. The number of aromatic nitrogens is 3. The van der Waals surface area contributed by atoms with E-state index in [0.29, 0.717) is 12.4 Å². The largest absolute Gasteiger partial charge is 0.497 e. The molecule has 100 valence electrons.